The minimum atomic E-state index is -0.427. The van der Waals surface area contributed by atoms with Gasteiger partial charge in [0.2, 0.25) is 0 Å². The number of aromatic nitrogens is 3. The molecule has 3 heterocycles. The monoisotopic (exact) mass is 413 g/mol. The van der Waals surface area contributed by atoms with E-state index in [1.54, 1.807) is 24.5 Å². The molecule has 1 aromatic carbocycles. The predicted octanol–water partition coefficient (Wildman–Crippen LogP) is 4.44. The summed E-state index contributed by atoms with van der Waals surface area (Å²) >= 11 is 5.82. The number of hydrogen-bond acceptors (Lipinski definition) is 6. The molecule has 29 heavy (non-hydrogen) atoms. The second kappa shape index (κ2) is 7.63. The first kappa shape index (κ1) is 18.4. The van der Waals surface area contributed by atoms with E-state index in [9.17, 15) is 4.39 Å². The van der Waals surface area contributed by atoms with E-state index in [0.717, 1.165) is 61.4 Å². The maximum absolute atomic E-state index is 14.0. The summed E-state index contributed by atoms with van der Waals surface area (Å²) in [6.45, 7) is 1.53. The van der Waals surface area contributed by atoms with Gasteiger partial charge in [0.05, 0.1) is 11.7 Å². The highest BCUT2D eigenvalue weighted by Crippen LogP contribution is 2.32. The number of nitrogens with zero attached hydrogens (tertiary/aromatic N) is 4. The molecule has 5 rings (SSSR count). The number of ether oxygens (including phenoxy) is 1. The molecule has 6 nitrogen and oxygen atoms in total. The highest BCUT2D eigenvalue weighted by atomic mass is 35.5. The van der Waals surface area contributed by atoms with E-state index in [1.165, 1.54) is 6.07 Å². The lowest BCUT2D eigenvalue weighted by Crippen LogP contribution is -2.39. The van der Waals surface area contributed by atoms with Crippen molar-refractivity contribution in [3.63, 3.8) is 0 Å². The minimum Gasteiger partial charge on any atom is -0.487 e. The van der Waals surface area contributed by atoms with Gasteiger partial charge in [-0.2, -0.15) is 0 Å². The number of rotatable bonds is 5. The number of piperidine rings is 1. The molecule has 150 valence electrons. The largest absolute Gasteiger partial charge is 0.487 e. The lowest BCUT2D eigenvalue weighted by Gasteiger charge is -2.33. The summed E-state index contributed by atoms with van der Waals surface area (Å²) in [7, 11) is 0. The molecule has 1 N–H and O–H groups in total. The van der Waals surface area contributed by atoms with Crippen molar-refractivity contribution >= 4 is 34.3 Å². The highest BCUT2D eigenvalue weighted by molar-refractivity contribution is 6.30. The standard InChI is InChI=1S/C21H21ClFN5O/c22-13-1-4-19(16(23)11-13)29-15-6-9-28(10-7-15)21-20(25-14-2-3-14)26-17-5-8-24-12-18(17)27-21/h1,4-5,8,11-12,14-15H,2-3,6-7,9-10H2,(H,25,26). The van der Waals surface area contributed by atoms with Crippen LogP contribution in [0.4, 0.5) is 16.0 Å². The number of nitrogens with one attached hydrogen (secondary N) is 1. The third-order valence-electron chi connectivity index (χ3n) is 5.30. The van der Waals surface area contributed by atoms with Crippen LogP contribution in [0.1, 0.15) is 25.7 Å². The molecule has 2 fully saturated rings. The molecule has 0 spiro atoms. The summed E-state index contributed by atoms with van der Waals surface area (Å²) in [5.74, 6) is 1.51. The molecule has 1 aliphatic carbocycles. The van der Waals surface area contributed by atoms with Crippen LogP contribution in [0, 0.1) is 5.82 Å². The number of benzene rings is 1. The van der Waals surface area contributed by atoms with Crippen LogP contribution in [-0.2, 0) is 0 Å². The molecular weight excluding hydrogens is 393 g/mol. The van der Waals surface area contributed by atoms with Crippen LogP contribution in [0.3, 0.4) is 0 Å². The van der Waals surface area contributed by atoms with Gasteiger partial charge in [-0.05, 0) is 37.1 Å². The molecule has 0 unspecified atom stereocenters. The van der Waals surface area contributed by atoms with Gasteiger partial charge in [-0.15, -0.1) is 0 Å². The summed E-state index contributed by atoms with van der Waals surface area (Å²) in [4.78, 5) is 16.0. The van der Waals surface area contributed by atoms with Crippen molar-refractivity contribution < 1.29 is 9.13 Å². The zero-order valence-electron chi connectivity index (χ0n) is 15.8. The van der Waals surface area contributed by atoms with Crippen LogP contribution in [0.5, 0.6) is 5.75 Å². The Bertz CT molecular complexity index is 1040. The van der Waals surface area contributed by atoms with Gasteiger partial charge in [0, 0.05) is 43.2 Å². The first-order valence-corrected chi connectivity index (χ1v) is 10.3. The number of fused-ring (bicyclic) bond motifs is 1. The topological polar surface area (TPSA) is 63.2 Å². The van der Waals surface area contributed by atoms with Gasteiger partial charge in [0.15, 0.2) is 23.2 Å². The van der Waals surface area contributed by atoms with E-state index in [-0.39, 0.29) is 11.9 Å². The number of halogens is 2. The second-order valence-corrected chi connectivity index (χ2v) is 7.99. The highest BCUT2D eigenvalue weighted by Gasteiger charge is 2.28. The molecule has 1 saturated heterocycles. The minimum absolute atomic E-state index is 0.0446. The second-order valence-electron chi connectivity index (χ2n) is 7.56. The van der Waals surface area contributed by atoms with Crippen molar-refractivity contribution in [2.24, 2.45) is 0 Å². The first-order valence-electron chi connectivity index (χ1n) is 9.91. The van der Waals surface area contributed by atoms with Gasteiger partial charge >= 0.3 is 0 Å². The van der Waals surface area contributed by atoms with Crippen molar-refractivity contribution in [2.45, 2.75) is 37.8 Å². The molecule has 2 aromatic heterocycles. The number of hydrogen-bond donors (Lipinski definition) is 1. The molecule has 8 heteroatoms. The number of pyridine rings is 1. The van der Waals surface area contributed by atoms with Crippen molar-refractivity contribution in [1.29, 1.82) is 0 Å². The summed E-state index contributed by atoms with van der Waals surface area (Å²) < 4.78 is 19.9. The zero-order valence-corrected chi connectivity index (χ0v) is 16.6. The van der Waals surface area contributed by atoms with Crippen LogP contribution < -0.4 is 15.0 Å². The average Bonchev–Trinajstić information content (AvgIpc) is 3.54. The molecule has 3 aromatic rings. The lowest BCUT2D eigenvalue weighted by atomic mass is 10.1. The average molecular weight is 414 g/mol. The Kier molecular flexibility index (Phi) is 4.83. The van der Waals surface area contributed by atoms with E-state index < -0.39 is 5.82 Å². The molecule has 0 amide bonds. The van der Waals surface area contributed by atoms with Crippen molar-refractivity contribution in [3.8, 4) is 5.75 Å². The summed E-state index contributed by atoms with van der Waals surface area (Å²) in [5.41, 5.74) is 1.62. The molecule has 0 bridgehead atoms. The van der Waals surface area contributed by atoms with Crippen molar-refractivity contribution in [3.05, 3.63) is 47.5 Å². The van der Waals surface area contributed by atoms with Gasteiger partial charge < -0.3 is 15.0 Å². The predicted molar refractivity (Wildman–Crippen MR) is 111 cm³/mol. The summed E-state index contributed by atoms with van der Waals surface area (Å²) in [6.07, 6.45) is 7.31. The third-order valence-corrected chi connectivity index (χ3v) is 5.53. The van der Waals surface area contributed by atoms with Crippen LogP contribution in [0.2, 0.25) is 5.02 Å². The van der Waals surface area contributed by atoms with E-state index >= 15 is 0 Å². The van der Waals surface area contributed by atoms with Gasteiger partial charge in [-0.3, -0.25) is 4.98 Å². The van der Waals surface area contributed by atoms with Gasteiger partial charge in [-0.25, -0.2) is 14.4 Å². The SMILES string of the molecule is Fc1cc(Cl)ccc1OC1CCN(c2nc3cnccc3nc2NC2CC2)CC1. The Morgan fingerprint density at radius 3 is 2.66 bits per heavy atom. The molecular formula is C21H21ClFN5O. The fourth-order valence-electron chi connectivity index (χ4n) is 3.57. The first-order chi connectivity index (χ1) is 14.2. The van der Waals surface area contributed by atoms with Gasteiger partial charge in [0.1, 0.15) is 11.6 Å². The van der Waals surface area contributed by atoms with E-state index in [1.807, 2.05) is 6.07 Å². The molecule has 1 aliphatic heterocycles. The summed E-state index contributed by atoms with van der Waals surface area (Å²) in [6, 6.07) is 6.87. The molecule has 0 atom stereocenters. The Morgan fingerprint density at radius 1 is 1.07 bits per heavy atom. The van der Waals surface area contributed by atoms with Crippen LogP contribution >= 0.6 is 11.6 Å². The third kappa shape index (κ3) is 4.05. The molecule has 2 aliphatic rings. The van der Waals surface area contributed by atoms with Crippen LogP contribution in [0.25, 0.3) is 11.0 Å². The zero-order chi connectivity index (χ0) is 19.8. The van der Waals surface area contributed by atoms with Gasteiger partial charge in [0.25, 0.3) is 0 Å². The lowest BCUT2D eigenvalue weighted by molar-refractivity contribution is 0.163. The molecule has 1 saturated carbocycles. The Hall–Kier alpha value is -2.67. The van der Waals surface area contributed by atoms with E-state index in [0.29, 0.717) is 11.1 Å². The van der Waals surface area contributed by atoms with Gasteiger partial charge in [-0.1, -0.05) is 11.6 Å². The Balaban J connectivity index is 1.32. The van der Waals surface area contributed by atoms with E-state index in [4.69, 9.17) is 26.3 Å². The van der Waals surface area contributed by atoms with Crippen LogP contribution in [0.15, 0.2) is 36.7 Å². The quantitative estimate of drug-likeness (QED) is 0.667. The van der Waals surface area contributed by atoms with Crippen molar-refractivity contribution in [2.75, 3.05) is 23.3 Å². The van der Waals surface area contributed by atoms with E-state index in [2.05, 4.69) is 15.2 Å². The fraction of sp³-hybridized carbons (Fsp3) is 0.381. The fourth-order valence-corrected chi connectivity index (χ4v) is 3.73. The number of anilines is 2. The Labute approximate surface area is 173 Å². The maximum Gasteiger partial charge on any atom is 0.172 e. The normalized spacial score (nSPS) is 17.5. The molecule has 0 radical (unpaired) electrons. The summed E-state index contributed by atoms with van der Waals surface area (Å²) in [5, 5.41) is 3.87. The van der Waals surface area contributed by atoms with Crippen LogP contribution in [-0.4, -0.2) is 40.2 Å². The smallest absolute Gasteiger partial charge is 0.172 e. The van der Waals surface area contributed by atoms with Crippen molar-refractivity contribution in [1.82, 2.24) is 15.0 Å². The Morgan fingerprint density at radius 2 is 1.90 bits per heavy atom. The maximum atomic E-state index is 14.0.